The van der Waals surface area contributed by atoms with Crippen molar-refractivity contribution in [1.82, 2.24) is 4.98 Å². The summed E-state index contributed by atoms with van der Waals surface area (Å²) in [4.78, 5) is 4.57. The van der Waals surface area contributed by atoms with Crippen molar-refractivity contribution >= 4 is 26.8 Å². The Kier molecular flexibility index (Phi) is 2.91. The van der Waals surface area contributed by atoms with E-state index in [9.17, 15) is 0 Å². The van der Waals surface area contributed by atoms with E-state index in [1.807, 2.05) is 18.2 Å². The highest BCUT2D eigenvalue weighted by Crippen LogP contribution is 2.30. The molecule has 0 atom stereocenters. The van der Waals surface area contributed by atoms with Crippen LogP contribution in [-0.2, 0) is 6.42 Å². The average molecular weight is 266 g/mol. The fourth-order valence-corrected chi connectivity index (χ4v) is 2.01. The minimum atomic E-state index is 0.823. The van der Waals surface area contributed by atoms with E-state index in [0.717, 1.165) is 33.2 Å². The summed E-state index contributed by atoms with van der Waals surface area (Å²) in [5.74, 6) is 0.823. The van der Waals surface area contributed by atoms with E-state index in [2.05, 4.69) is 33.9 Å². The summed E-state index contributed by atoms with van der Waals surface area (Å²) in [6.45, 7) is 2.10. The molecule has 0 spiro atoms. The molecule has 2 rings (SSSR count). The van der Waals surface area contributed by atoms with Gasteiger partial charge in [0, 0.05) is 15.6 Å². The van der Waals surface area contributed by atoms with Crippen LogP contribution in [0.25, 0.3) is 10.9 Å². The van der Waals surface area contributed by atoms with Gasteiger partial charge in [0.25, 0.3) is 0 Å². The van der Waals surface area contributed by atoms with Gasteiger partial charge in [-0.05, 0) is 30.7 Å². The number of hydrogen-bond acceptors (Lipinski definition) is 2. The van der Waals surface area contributed by atoms with Crippen molar-refractivity contribution in [2.45, 2.75) is 13.3 Å². The maximum absolute atomic E-state index is 5.30. The largest absolute Gasteiger partial charge is 0.494 e. The molecule has 0 amide bonds. The Labute approximate surface area is 97.4 Å². The number of nitrogens with zero attached hydrogens (tertiary/aromatic N) is 1. The number of benzene rings is 1. The van der Waals surface area contributed by atoms with Gasteiger partial charge in [-0.1, -0.05) is 22.9 Å². The van der Waals surface area contributed by atoms with Crippen LogP contribution in [0.4, 0.5) is 0 Å². The molecule has 78 valence electrons. The van der Waals surface area contributed by atoms with Gasteiger partial charge in [0.05, 0.1) is 7.11 Å². The summed E-state index contributed by atoms with van der Waals surface area (Å²) in [7, 11) is 1.67. The van der Waals surface area contributed by atoms with Crippen LogP contribution >= 0.6 is 15.9 Å². The third-order valence-corrected chi connectivity index (χ3v) is 3.10. The van der Waals surface area contributed by atoms with E-state index in [-0.39, 0.29) is 0 Å². The van der Waals surface area contributed by atoms with Gasteiger partial charge in [-0.2, -0.15) is 0 Å². The van der Waals surface area contributed by atoms with Crippen molar-refractivity contribution in [3.63, 3.8) is 0 Å². The predicted octanol–water partition coefficient (Wildman–Crippen LogP) is 3.57. The molecule has 0 unspecified atom stereocenters. The first-order valence-electron chi connectivity index (χ1n) is 4.88. The zero-order valence-electron chi connectivity index (χ0n) is 8.75. The van der Waals surface area contributed by atoms with Crippen molar-refractivity contribution in [2.75, 3.05) is 7.11 Å². The highest BCUT2D eigenvalue weighted by atomic mass is 79.9. The average Bonchev–Trinajstić information content (AvgIpc) is 2.29. The maximum Gasteiger partial charge on any atom is 0.145 e. The molecule has 1 aromatic heterocycles. The van der Waals surface area contributed by atoms with Crippen LogP contribution in [0.3, 0.4) is 0 Å². The molecule has 3 heteroatoms. The molecular formula is C12H12BrNO. The maximum atomic E-state index is 5.30. The summed E-state index contributed by atoms with van der Waals surface area (Å²) in [6.07, 6.45) is 0.936. The molecule has 0 aliphatic carbocycles. The zero-order chi connectivity index (χ0) is 10.8. The van der Waals surface area contributed by atoms with Crippen molar-refractivity contribution in [2.24, 2.45) is 0 Å². The zero-order valence-corrected chi connectivity index (χ0v) is 10.3. The number of fused-ring (bicyclic) bond motifs is 1. The summed E-state index contributed by atoms with van der Waals surface area (Å²) in [5.41, 5.74) is 2.00. The summed E-state index contributed by atoms with van der Waals surface area (Å²) < 4.78 is 6.35. The standard InChI is InChI=1S/C12H12BrNO/c1-3-8-4-5-9-10(13)6-7-11(15-2)12(9)14-8/h4-7H,3H2,1-2H3. The lowest BCUT2D eigenvalue weighted by atomic mass is 10.1. The molecule has 15 heavy (non-hydrogen) atoms. The van der Waals surface area contributed by atoms with Crippen molar-refractivity contribution in [1.29, 1.82) is 0 Å². The van der Waals surface area contributed by atoms with Gasteiger partial charge in [0.15, 0.2) is 0 Å². The van der Waals surface area contributed by atoms with E-state index in [1.165, 1.54) is 0 Å². The van der Waals surface area contributed by atoms with Crippen molar-refractivity contribution in [3.05, 3.63) is 34.4 Å². The van der Waals surface area contributed by atoms with Crippen LogP contribution in [0.5, 0.6) is 5.75 Å². The van der Waals surface area contributed by atoms with Crippen LogP contribution in [0.15, 0.2) is 28.7 Å². The van der Waals surface area contributed by atoms with E-state index in [0.29, 0.717) is 0 Å². The fourth-order valence-electron chi connectivity index (χ4n) is 1.56. The third kappa shape index (κ3) is 1.84. The highest BCUT2D eigenvalue weighted by molar-refractivity contribution is 9.10. The number of hydrogen-bond donors (Lipinski definition) is 0. The number of ether oxygens (including phenoxy) is 1. The molecule has 2 nitrogen and oxygen atoms in total. The minimum absolute atomic E-state index is 0.823. The normalized spacial score (nSPS) is 10.6. The lowest BCUT2D eigenvalue weighted by molar-refractivity contribution is 0.418. The molecule has 2 aromatic rings. The van der Waals surface area contributed by atoms with Gasteiger partial charge in [0.2, 0.25) is 0 Å². The second kappa shape index (κ2) is 4.19. The summed E-state index contributed by atoms with van der Waals surface area (Å²) >= 11 is 3.51. The number of halogens is 1. The first-order chi connectivity index (χ1) is 7.26. The van der Waals surface area contributed by atoms with Gasteiger partial charge in [-0.3, -0.25) is 0 Å². The van der Waals surface area contributed by atoms with E-state index in [1.54, 1.807) is 7.11 Å². The van der Waals surface area contributed by atoms with Crippen molar-refractivity contribution in [3.8, 4) is 5.75 Å². The van der Waals surface area contributed by atoms with Gasteiger partial charge in [-0.25, -0.2) is 4.98 Å². The van der Waals surface area contributed by atoms with Crippen LogP contribution in [0.2, 0.25) is 0 Å². The Bertz CT molecular complexity index is 496. The Balaban J connectivity index is 2.77. The quantitative estimate of drug-likeness (QED) is 0.829. The molecule has 0 bridgehead atoms. The number of pyridine rings is 1. The lowest BCUT2D eigenvalue weighted by Gasteiger charge is -2.07. The molecule has 0 aliphatic heterocycles. The first kappa shape index (κ1) is 10.4. The van der Waals surface area contributed by atoms with E-state index in [4.69, 9.17) is 4.74 Å². The predicted molar refractivity (Wildman–Crippen MR) is 65.4 cm³/mol. The van der Waals surface area contributed by atoms with Crippen LogP contribution in [0, 0.1) is 0 Å². The molecule has 1 aromatic carbocycles. The molecule has 0 fully saturated rings. The van der Waals surface area contributed by atoms with Crippen LogP contribution in [-0.4, -0.2) is 12.1 Å². The summed E-state index contributed by atoms with van der Waals surface area (Å²) in [5, 5.41) is 1.09. The molecule has 0 saturated heterocycles. The number of methoxy groups -OCH3 is 1. The first-order valence-corrected chi connectivity index (χ1v) is 5.67. The lowest BCUT2D eigenvalue weighted by Crippen LogP contribution is -1.92. The van der Waals surface area contributed by atoms with Gasteiger partial charge in [0.1, 0.15) is 11.3 Å². The second-order valence-corrected chi connectivity index (χ2v) is 4.16. The van der Waals surface area contributed by atoms with Crippen molar-refractivity contribution < 1.29 is 4.74 Å². The highest BCUT2D eigenvalue weighted by Gasteiger charge is 2.06. The van der Waals surface area contributed by atoms with Gasteiger partial charge < -0.3 is 4.74 Å². The number of rotatable bonds is 2. The molecule has 0 radical (unpaired) electrons. The molecule has 1 heterocycles. The van der Waals surface area contributed by atoms with Gasteiger partial charge in [-0.15, -0.1) is 0 Å². The van der Waals surface area contributed by atoms with E-state index < -0.39 is 0 Å². The Morgan fingerprint density at radius 2 is 2.07 bits per heavy atom. The van der Waals surface area contributed by atoms with Gasteiger partial charge >= 0.3 is 0 Å². The second-order valence-electron chi connectivity index (χ2n) is 3.30. The van der Waals surface area contributed by atoms with Crippen LogP contribution < -0.4 is 4.74 Å². The molecule has 0 saturated carbocycles. The number of aryl methyl sites for hydroxylation is 1. The Morgan fingerprint density at radius 3 is 2.73 bits per heavy atom. The summed E-state index contributed by atoms with van der Waals surface area (Å²) in [6, 6.07) is 8.04. The number of aromatic nitrogens is 1. The topological polar surface area (TPSA) is 22.1 Å². The Hall–Kier alpha value is -1.09. The van der Waals surface area contributed by atoms with E-state index >= 15 is 0 Å². The molecule has 0 aliphatic rings. The molecular weight excluding hydrogens is 254 g/mol. The van der Waals surface area contributed by atoms with Crippen LogP contribution in [0.1, 0.15) is 12.6 Å². The Morgan fingerprint density at radius 1 is 1.27 bits per heavy atom. The minimum Gasteiger partial charge on any atom is -0.494 e. The smallest absolute Gasteiger partial charge is 0.145 e. The SMILES string of the molecule is CCc1ccc2c(Br)ccc(OC)c2n1. The third-order valence-electron chi connectivity index (χ3n) is 2.41. The fraction of sp³-hybridized carbons (Fsp3) is 0.250. The monoisotopic (exact) mass is 265 g/mol. The molecule has 0 N–H and O–H groups in total.